The van der Waals surface area contributed by atoms with Crippen LogP contribution in [0.5, 0.6) is 11.5 Å². The van der Waals surface area contributed by atoms with Gasteiger partial charge in [0.1, 0.15) is 28.7 Å². The second-order valence-electron chi connectivity index (χ2n) is 10.2. The molecule has 0 radical (unpaired) electrons. The summed E-state index contributed by atoms with van der Waals surface area (Å²) in [5.74, 6) is 0.670. The van der Waals surface area contributed by atoms with Gasteiger partial charge in [-0.05, 0) is 61.6 Å². The summed E-state index contributed by atoms with van der Waals surface area (Å²) in [5, 5.41) is 13.7. The summed E-state index contributed by atoms with van der Waals surface area (Å²) < 4.78 is 24.3. The van der Waals surface area contributed by atoms with Crippen LogP contribution in [0.1, 0.15) is 49.6 Å². The van der Waals surface area contributed by atoms with Crippen LogP contribution in [0.3, 0.4) is 0 Å². The zero-order valence-electron chi connectivity index (χ0n) is 24.0. The number of alkyl halides is 1. The van der Waals surface area contributed by atoms with Gasteiger partial charge in [-0.25, -0.2) is 14.5 Å². The Bertz CT molecular complexity index is 1620. The minimum atomic E-state index is -4.85. The number of carbonyl (C=O) groups is 1. The lowest BCUT2D eigenvalue weighted by atomic mass is 10.1. The highest BCUT2D eigenvalue weighted by Crippen LogP contribution is 2.41. The lowest BCUT2D eigenvalue weighted by Gasteiger charge is -2.16. The maximum Gasteiger partial charge on any atom is 0.524 e. The standard InChI is InChI=1S/C29H37ClN5O7P/c1-2-3-7-25-34-27-28(35(25)18-20-16-21(36)9-11-24(20)42-43(38,39)40)22-15-19(8-10-23(22)33-29(27)31)6-4-13-41-14-5-12-32-26(37)17-30/h8-11,15-16,36H,2-7,12-14,17-18H2,1H3,(H2,31,33)(H,32,37)(H2,38,39,40). The first-order valence-electron chi connectivity index (χ1n) is 14.1. The fourth-order valence-corrected chi connectivity index (χ4v) is 5.39. The maximum absolute atomic E-state index is 11.7. The highest BCUT2D eigenvalue weighted by Gasteiger charge is 2.22. The second-order valence-corrected chi connectivity index (χ2v) is 11.6. The topological polar surface area (TPSA) is 182 Å². The van der Waals surface area contributed by atoms with Crippen molar-refractivity contribution in [3.63, 3.8) is 0 Å². The van der Waals surface area contributed by atoms with Crippen molar-refractivity contribution in [2.75, 3.05) is 31.4 Å². The molecule has 0 unspecified atom stereocenters. The predicted octanol–water partition coefficient (Wildman–Crippen LogP) is 4.43. The summed E-state index contributed by atoms with van der Waals surface area (Å²) in [7, 11) is -4.85. The number of nitrogens with two attached hydrogens (primary N) is 1. The number of phosphoric ester groups is 1. The largest absolute Gasteiger partial charge is 0.524 e. The number of hydrogen-bond acceptors (Lipinski definition) is 8. The number of rotatable bonds is 16. The number of benzene rings is 2. The Morgan fingerprint density at radius 3 is 2.63 bits per heavy atom. The van der Waals surface area contributed by atoms with Crippen LogP contribution in [0.15, 0.2) is 36.4 Å². The molecule has 2 aromatic heterocycles. The number of carbonyl (C=O) groups excluding carboxylic acids is 1. The molecule has 4 rings (SSSR count). The van der Waals surface area contributed by atoms with Gasteiger partial charge in [0.05, 0.1) is 17.6 Å². The Labute approximate surface area is 254 Å². The molecule has 0 spiro atoms. The number of fused-ring (bicyclic) bond motifs is 3. The van der Waals surface area contributed by atoms with Gasteiger partial charge in [-0.2, -0.15) is 0 Å². The molecule has 0 aliphatic carbocycles. The van der Waals surface area contributed by atoms with E-state index < -0.39 is 7.82 Å². The van der Waals surface area contributed by atoms with Crippen LogP contribution >= 0.6 is 19.4 Å². The van der Waals surface area contributed by atoms with Gasteiger partial charge in [0, 0.05) is 37.1 Å². The van der Waals surface area contributed by atoms with E-state index in [9.17, 15) is 24.3 Å². The molecule has 14 heteroatoms. The number of pyridine rings is 1. The van der Waals surface area contributed by atoms with Crippen molar-refractivity contribution >= 4 is 53.1 Å². The number of aryl methyl sites for hydroxylation is 2. The van der Waals surface area contributed by atoms with Gasteiger partial charge in [-0.15, -0.1) is 11.6 Å². The number of imidazole rings is 1. The van der Waals surface area contributed by atoms with Crippen molar-refractivity contribution in [3.8, 4) is 11.5 Å². The molecule has 2 aromatic carbocycles. The Morgan fingerprint density at radius 1 is 1.09 bits per heavy atom. The molecule has 0 saturated heterocycles. The number of phosphoric acid groups is 1. The number of hydrogen-bond donors (Lipinski definition) is 5. The van der Waals surface area contributed by atoms with Crippen LogP contribution < -0.4 is 15.6 Å². The van der Waals surface area contributed by atoms with Crippen LogP contribution in [0.2, 0.25) is 0 Å². The number of halogens is 1. The molecule has 6 N–H and O–H groups in total. The first-order chi connectivity index (χ1) is 20.6. The second kappa shape index (κ2) is 14.9. The fraction of sp³-hybridized carbons (Fsp3) is 0.414. The number of amides is 1. The van der Waals surface area contributed by atoms with E-state index in [2.05, 4.69) is 23.3 Å². The molecule has 2 heterocycles. The number of nitrogen functional groups attached to an aromatic ring is 1. The number of nitrogens with zero attached hydrogens (tertiary/aromatic N) is 3. The first-order valence-corrected chi connectivity index (χ1v) is 16.2. The number of aromatic nitrogens is 3. The molecule has 232 valence electrons. The van der Waals surface area contributed by atoms with Crippen LogP contribution in [-0.4, -0.2) is 61.0 Å². The van der Waals surface area contributed by atoms with Gasteiger partial charge in [0.2, 0.25) is 5.91 Å². The molecular weight excluding hydrogens is 597 g/mol. The average molecular weight is 634 g/mol. The van der Waals surface area contributed by atoms with E-state index in [-0.39, 0.29) is 35.6 Å². The number of phenols is 1. The summed E-state index contributed by atoms with van der Waals surface area (Å²) in [4.78, 5) is 39.6. The number of ether oxygens (including phenoxy) is 1. The molecule has 0 aliphatic rings. The van der Waals surface area contributed by atoms with Gasteiger partial charge < -0.3 is 30.0 Å². The summed E-state index contributed by atoms with van der Waals surface area (Å²) in [6.45, 7) is 3.82. The number of anilines is 1. The Kier molecular flexibility index (Phi) is 11.2. The third kappa shape index (κ3) is 8.81. The third-order valence-electron chi connectivity index (χ3n) is 6.85. The van der Waals surface area contributed by atoms with Crippen molar-refractivity contribution in [2.24, 2.45) is 0 Å². The normalized spacial score (nSPS) is 11.8. The van der Waals surface area contributed by atoms with Gasteiger partial charge in [-0.1, -0.05) is 19.4 Å². The van der Waals surface area contributed by atoms with E-state index in [4.69, 9.17) is 31.6 Å². The highest BCUT2D eigenvalue weighted by molar-refractivity contribution is 7.46. The molecule has 43 heavy (non-hydrogen) atoms. The van der Waals surface area contributed by atoms with E-state index in [1.807, 2.05) is 16.7 Å². The van der Waals surface area contributed by atoms with E-state index in [1.54, 1.807) is 0 Å². The minimum absolute atomic E-state index is 0.0390. The highest BCUT2D eigenvalue weighted by atomic mass is 35.5. The monoisotopic (exact) mass is 633 g/mol. The van der Waals surface area contributed by atoms with Gasteiger partial charge in [0.25, 0.3) is 0 Å². The Hall–Kier alpha value is -3.41. The zero-order valence-corrected chi connectivity index (χ0v) is 25.6. The van der Waals surface area contributed by atoms with Crippen molar-refractivity contribution in [3.05, 3.63) is 53.3 Å². The Balaban J connectivity index is 1.63. The zero-order chi connectivity index (χ0) is 31.0. The molecule has 4 aromatic rings. The molecule has 0 bridgehead atoms. The van der Waals surface area contributed by atoms with Gasteiger partial charge in [-0.3, -0.25) is 14.6 Å². The third-order valence-corrected chi connectivity index (χ3v) is 7.53. The summed E-state index contributed by atoms with van der Waals surface area (Å²) >= 11 is 5.47. The Morgan fingerprint density at radius 2 is 1.88 bits per heavy atom. The van der Waals surface area contributed by atoms with Crippen molar-refractivity contribution in [1.29, 1.82) is 0 Å². The molecule has 0 fully saturated rings. The number of phenolic OH excluding ortho intramolecular Hbond substituents is 1. The maximum atomic E-state index is 11.7. The number of unbranched alkanes of at least 4 members (excludes halogenated alkanes) is 1. The van der Waals surface area contributed by atoms with Crippen LogP contribution in [-0.2, 0) is 33.5 Å². The average Bonchev–Trinajstić information content (AvgIpc) is 3.33. The van der Waals surface area contributed by atoms with Crippen LogP contribution in [0.25, 0.3) is 21.9 Å². The lowest BCUT2D eigenvalue weighted by molar-refractivity contribution is -0.118. The molecule has 0 atom stereocenters. The van der Waals surface area contributed by atoms with Gasteiger partial charge in [0.15, 0.2) is 5.82 Å². The SMILES string of the molecule is CCCCc1nc2c(N)nc3ccc(CCCOCCCNC(=O)CCl)cc3c2n1Cc1cc(O)ccc1OP(=O)(O)O. The predicted molar refractivity (Wildman–Crippen MR) is 165 cm³/mol. The van der Waals surface area contributed by atoms with Crippen molar-refractivity contribution in [2.45, 2.75) is 52.0 Å². The summed E-state index contributed by atoms with van der Waals surface area (Å²) in [5.41, 5.74) is 9.80. The number of nitrogens with one attached hydrogen (secondary N) is 1. The van der Waals surface area contributed by atoms with E-state index in [0.717, 1.165) is 48.0 Å². The quantitative estimate of drug-likeness (QED) is 0.0672. The van der Waals surface area contributed by atoms with Crippen molar-refractivity contribution < 1.29 is 33.5 Å². The summed E-state index contributed by atoms with van der Waals surface area (Å²) in [6.07, 6.45) is 4.70. The smallest absolute Gasteiger partial charge is 0.508 e. The van der Waals surface area contributed by atoms with Gasteiger partial charge >= 0.3 is 7.82 Å². The molecule has 1 amide bonds. The number of aromatic hydroxyl groups is 1. The van der Waals surface area contributed by atoms with E-state index in [1.165, 1.54) is 18.2 Å². The van der Waals surface area contributed by atoms with Crippen molar-refractivity contribution in [1.82, 2.24) is 19.9 Å². The van der Waals surface area contributed by atoms with Crippen LogP contribution in [0.4, 0.5) is 5.82 Å². The molecule has 0 aliphatic heterocycles. The van der Waals surface area contributed by atoms with E-state index in [0.29, 0.717) is 49.2 Å². The fourth-order valence-electron chi connectivity index (χ4n) is 4.86. The minimum Gasteiger partial charge on any atom is -0.508 e. The van der Waals surface area contributed by atoms with Crippen LogP contribution in [0, 0.1) is 0 Å². The summed E-state index contributed by atoms with van der Waals surface area (Å²) in [6, 6.07) is 10.0. The lowest BCUT2D eigenvalue weighted by Crippen LogP contribution is -2.26. The molecule has 0 saturated carbocycles. The molecular formula is C29H37ClN5O7P. The first kappa shape index (κ1) is 32.5. The molecule has 12 nitrogen and oxygen atoms in total. The van der Waals surface area contributed by atoms with E-state index >= 15 is 0 Å².